The minimum atomic E-state index is -4.66. The molecule has 3 aromatic carbocycles. The van der Waals surface area contributed by atoms with Gasteiger partial charge in [0.2, 0.25) is 0 Å². The molecule has 0 aromatic heterocycles. The zero-order valence-electron chi connectivity index (χ0n) is 17.8. The van der Waals surface area contributed by atoms with Crippen molar-refractivity contribution >= 4 is 69.6 Å². The Morgan fingerprint density at radius 1 is 0.861 bits per heavy atom. The molecule has 1 aliphatic heterocycles. The smallest absolute Gasteiger partial charge is 0.350 e. The lowest BCUT2D eigenvalue weighted by Gasteiger charge is -2.17. The third-order valence-corrected chi connectivity index (χ3v) is 5.94. The lowest BCUT2D eigenvalue weighted by Crippen LogP contribution is -2.32. The van der Waals surface area contributed by atoms with E-state index < -0.39 is 40.2 Å². The standard InChI is InChI=1S/C24H13Cl3F3N3O3/c25-13-8-9-18(16(26)11-13)33-22(35)19(27)20(23(33)36)31-14-5-3-4-12(10-14)21(34)32-17-7-2-1-6-15(17)24(28,29)30/h1-11,31H,(H,32,34). The number of anilines is 3. The Balaban J connectivity index is 1.57. The van der Waals surface area contributed by atoms with Crippen molar-refractivity contribution in [2.75, 3.05) is 15.5 Å². The van der Waals surface area contributed by atoms with Crippen LogP contribution in [0.4, 0.5) is 30.2 Å². The van der Waals surface area contributed by atoms with Gasteiger partial charge in [-0.2, -0.15) is 13.2 Å². The number of hydrogen-bond acceptors (Lipinski definition) is 4. The quantitative estimate of drug-likeness (QED) is 0.344. The normalized spacial score (nSPS) is 13.9. The molecule has 6 nitrogen and oxygen atoms in total. The van der Waals surface area contributed by atoms with Crippen LogP contribution in [0.15, 0.2) is 77.5 Å². The molecule has 0 fully saturated rings. The number of hydrogen-bond donors (Lipinski definition) is 2. The van der Waals surface area contributed by atoms with Crippen molar-refractivity contribution < 1.29 is 27.6 Å². The van der Waals surface area contributed by atoms with Gasteiger partial charge in [-0.15, -0.1) is 0 Å². The molecule has 0 unspecified atom stereocenters. The molecular formula is C24H13Cl3F3N3O3. The second-order valence-corrected chi connectivity index (χ2v) is 8.66. The third kappa shape index (κ3) is 5.04. The summed E-state index contributed by atoms with van der Waals surface area (Å²) < 4.78 is 39.7. The number of imide groups is 1. The highest BCUT2D eigenvalue weighted by Gasteiger charge is 2.40. The Morgan fingerprint density at radius 3 is 2.28 bits per heavy atom. The van der Waals surface area contributed by atoms with Gasteiger partial charge in [0.15, 0.2) is 0 Å². The summed E-state index contributed by atoms with van der Waals surface area (Å²) in [6, 6.07) is 14.3. The van der Waals surface area contributed by atoms with Crippen LogP contribution in [-0.2, 0) is 15.8 Å². The maximum absolute atomic E-state index is 13.2. The van der Waals surface area contributed by atoms with Gasteiger partial charge in [-0.05, 0) is 48.5 Å². The first-order valence-corrected chi connectivity index (χ1v) is 11.2. The predicted octanol–water partition coefficient (Wildman–Crippen LogP) is 6.70. The van der Waals surface area contributed by atoms with E-state index >= 15 is 0 Å². The summed E-state index contributed by atoms with van der Waals surface area (Å²) in [5.41, 5.74) is -1.44. The number of amides is 3. The van der Waals surface area contributed by atoms with E-state index in [2.05, 4.69) is 10.6 Å². The van der Waals surface area contributed by atoms with Gasteiger partial charge in [0.1, 0.15) is 10.7 Å². The Labute approximate surface area is 217 Å². The van der Waals surface area contributed by atoms with Crippen molar-refractivity contribution in [3.8, 4) is 0 Å². The lowest BCUT2D eigenvalue weighted by molar-refractivity contribution is -0.137. The van der Waals surface area contributed by atoms with E-state index in [0.29, 0.717) is 5.02 Å². The van der Waals surface area contributed by atoms with Crippen LogP contribution in [0.25, 0.3) is 0 Å². The summed E-state index contributed by atoms with van der Waals surface area (Å²) in [5.74, 6) is -2.45. The second kappa shape index (κ2) is 9.85. The molecule has 12 heteroatoms. The fourth-order valence-electron chi connectivity index (χ4n) is 3.41. The van der Waals surface area contributed by atoms with Crippen molar-refractivity contribution in [3.63, 3.8) is 0 Å². The molecule has 2 N–H and O–H groups in total. The lowest BCUT2D eigenvalue weighted by atomic mass is 10.1. The third-order valence-electron chi connectivity index (χ3n) is 5.05. The molecular weight excluding hydrogens is 542 g/mol. The molecule has 184 valence electrons. The van der Waals surface area contributed by atoms with Crippen LogP contribution in [0.2, 0.25) is 10.0 Å². The average Bonchev–Trinajstić information content (AvgIpc) is 3.02. The number of para-hydroxylation sites is 1. The topological polar surface area (TPSA) is 78.5 Å². The molecule has 0 spiro atoms. The zero-order chi connectivity index (χ0) is 26.2. The summed E-state index contributed by atoms with van der Waals surface area (Å²) in [5, 5.41) is 4.87. The van der Waals surface area contributed by atoms with E-state index in [4.69, 9.17) is 34.8 Å². The fourth-order valence-corrected chi connectivity index (χ4v) is 4.11. The molecule has 3 aromatic rings. The minimum absolute atomic E-state index is 0.0110. The van der Waals surface area contributed by atoms with Crippen molar-refractivity contribution in [1.82, 2.24) is 0 Å². The van der Waals surface area contributed by atoms with Crippen LogP contribution < -0.4 is 15.5 Å². The predicted molar refractivity (Wildman–Crippen MR) is 131 cm³/mol. The Morgan fingerprint density at radius 2 is 1.58 bits per heavy atom. The minimum Gasteiger partial charge on any atom is -0.350 e. The molecule has 4 rings (SSSR count). The summed E-state index contributed by atoms with van der Waals surface area (Å²) in [7, 11) is 0. The van der Waals surface area contributed by atoms with E-state index in [1.54, 1.807) is 0 Å². The SMILES string of the molecule is O=C(Nc1ccccc1C(F)(F)F)c1cccc(NC2=C(Cl)C(=O)N(c3ccc(Cl)cc3Cl)C2=O)c1. The monoisotopic (exact) mass is 553 g/mol. The highest BCUT2D eigenvalue weighted by Crippen LogP contribution is 2.36. The maximum atomic E-state index is 13.2. The number of rotatable bonds is 5. The molecule has 1 heterocycles. The summed E-state index contributed by atoms with van der Waals surface area (Å²) in [4.78, 5) is 39.1. The molecule has 36 heavy (non-hydrogen) atoms. The highest BCUT2D eigenvalue weighted by atomic mass is 35.5. The highest BCUT2D eigenvalue weighted by molar-refractivity contribution is 6.54. The van der Waals surface area contributed by atoms with Gasteiger partial charge in [-0.25, -0.2) is 4.90 Å². The number of carbonyl (C=O) groups excluding carboxylic acids is 3. The van der Waals surface area contributed by atoms with Gasteiger partial charge in [0.25, 0.3) is 17.7 Å². The second-order valence-electron chi connectivity index (χ2n) is 7.43. The van der Waals surface area contributed by atoms with Gasteiger partial charge in [0, 0.05) is 16.3 Å². The van der Waals surface area contributed by atoms with E-state index in [0.717, 1.165) is 17.0 Å². The van der Waals surface area contributed by atoms with Crippen LogP contribution in [0.5, 0.6) is 0 Å². The Kier molecular flexibility index (Phi) is 6.99. The summed E-state index contributed by atoms with van der Waals surface area (Å²) in [6.07, 6.45) is -4.66. The first kappa shape index (κ1) is 25.6. The molecule has 0 aliphatic carbocycles. The van der Waals surface area contributed by atoms with Crippen molar-refractivity contribution in [2.24, 2.45) is 0 Å². The van der Waals surface area contributed by atoms with Gasteiger partial charge in [-0.1, -0.05) is 53.0 Å². The van der Waals surface area contributed by atoms with Crippen LogP contribution >= 0.6 is 34.8 Å². The fraction of sp³-hybridized carbons (Fsp3) is 0.0417. The van der Waals surface area contributed by atoms with Gasteiger partial charge in [-0.3, -0.25) is 14.4 Å². The molecule has 0 bridgehead atoms. The Bertz CT molecular complexity index is 1440. The van der Waals surface area contributed by atoms with Gasteiger partial charge >= 0.3 is 6.18 Å². The number of nitrogens with zero attached hydrogens (tertiary/aromatic N) is 1. The van der Waals surface area contributed by atoms with Crippen LogP contribution in [0, 0.1) is 0 Å². The number of benzene rings is 3. The van der Waals surface area contributed by atoms with E-state index in [1.807, 2.05) is 0 Å². The van der Waals surface area contributed by atoms with Crippen LogP contribution in [-0.4, -0.2) is 17.7 Å². The molecule has 0 atom stereocenters. The average molecular weight is 555 g/mol. The first-order valence-electron chi connectivity index (χ1n) is 10.1. The molecule has 1 aliphatic rings. The molecule has 0 radical (unpaired) electrons. The zero-order valence-corrected chi connectivity index (χ0v) is 20.1. The van der Waals surface area contributed by atoms with Crippen LogP contribution in [0.1, 0.15) is 15.9 Å². The summed E-state index contributed by atoms with van der Waals surface area (Å²) in [6.45, 7) is 0. The van der Waals surface area contributed by atoms with Gasteiger partial charge < -0.3 is 10.6 Å². The van der Waals surface area contributed by atoms with Crippen molar-refractivity contribution in [1.29, 1.82) is 0 Å². The molecule has 3 amide bonds. The van der Waals surface area contributed by atoms with Crippen molar-refractivity contribution in [2.45, 2.75) is 6.18 Å². The van der Waals surface area contributed by atoms with Crippen molar-refractivity contribution in [3.05, 3.63) is 98.6 Å². The first-order chi connectivity index (χ1) is 17.0. The van der Waals surface area contributed by atoms with E-state index in [-0.39, 0.29) is 27.7 Å². The number of carbonyl (C=O) groups is 3. The van der Waals surface area contributed by atoms with E-state index in [1.165, 1.54) is 54.6 Å². The van der Waals surface area contributed by atoms with Gasteiger partial charge in [0.05, 0.1) is 22.0 Å². The van der Waals surface area contributed by atoms with Crippen LogP contribution in [0.3, 0.4) is 0 Å². The molecule has 0 saturated carbocycles. The number of halogens is 6. The number of alkyl halides is 3. The van der Waals surface area contributed by atoms with E-state index in [9.17, 15) is 27.6 Å². The number of nitrogens with one attached hydrogen (secondary N) is 2. The summed E-state index contributed by atoms with van der Waals surface area (Å²) >= 11 is 18.1. The largest absolute Gasteiger partial charge is 0.418 e. The maximum Gasteiger partial charge on any atom is 0.418 e. The Hall–Kier alpha value is -3.53. The molecule has 0 saturated heterocycles.